The largest absolute Gasteiger partial charge is 0.370 e. The van der Waals surface area contributed by atoms with Crippen molar-refractivity contribution in [1.82, 2.24) is 0 Å². The molecule has 0 aromatic rings. The van der Waals surface area contributed by atoms with Crippen molar-refractivity contribution in [2.24, 2.45) is 46.3 Å². The molecular formula is C23H34O. The van der Waals surface area contributed by atoms with Crippen molar-refractivity contribution in [1.29, 1.82) is 0 Å². The third-order valence-electron chi connectivity index (χ3n) is 10.3. The van der Waals surface area contributed by atoms with Crippen molar-refractivity contribution >= 4 is 0 Å². The Kier molecular flexibility index (Phi) is 2.67. The predicted octanol–water partition coefficient (Wildman–Crippen LogP) is 5.60. The van der Waals surface area contributed by atoms with Gasteiger partial charge in [0.05, 0.1) is 12.2 Å². The first-order valence-electron chi connectivity index (χ1n) is 10.8. The summed E-state index contributed by atoms with van der Waals surface area (Å²) in [6.45, 7) is 8.74. The Hall–Kier alpha value is -0.300. The predicted molar refractivity (Wildman–Crippen MR) is 96.5 cm³/mol. The van der Waals surface area contributed by atoms with E-state index in [9.17, 15) is 0 Å². The van der Waals surface area contributed by atoms with Gasteiger partial charge in [-0.15, -0.1) is 0 Å². The molecule has 5 saturated carbocycles. The van der Waals surface area contributed by atoms with Crippen LogP contribution in [0.1, 0.15) is 72.1 Å². The monoisotopic (exact) mass is 326 g/mol. The second-order valence-electron chi connectivity index (χ2n) is 11.0. The Balaban J connectivity index is 1.35. The van der Waals surface area contributed by atoms with Crippen LogP contribution < -0.4 is 0 Å². The quantitative estimate of drug-likeness (QED) is 0.417. The highest BCUT2D eigenvalue weighted by Crippen LogP contribution is 2.76. The summed E-state index contributed by atoms with van der Waals surface area (Å²) in [6, 6.07) is 0. The highest BCUT2D eigenvalue weighted by atomic mass is 16.6. The summed E-state index contributed by atoms with van der Waals surface area (Å²) in [6.07, 6.45) is 14.3. The fourth-order valence-corrected chi connectivity index (χ4v) is 8.99. The zero-order valence-electron chi connectivity index (χ0n) is 15.8. The van der Waals surface area contributed by atoms with Gasteiger partial charge in [0.2, 0.25) is 0 Å². The first-order valence-corrected chi connectivity index (χ1v) is 10.8. The highest BCUT2D eigenvalue weighted by molar-refractivity contribution is 5.34. The molecule has 1 spiro atoms. The lowest BCUT2D eigenvalue weighted by Gasteiger charge is -2.61. The molecule has 1 aliphatic heterocycles. The van der Waals surface area contributed by atoms with Crippen molar-refractivity contribution < 1.29 is 4.74 Å². The lowest BCUT2D eigenvalue weighted by atomic mass is 9.44. The summed E-state index contributed by atoms with van der Waals surface area (Å²) in [4.78, 5) is 0. The van der Waals surface area contributed by atoms with Crippen LogP contribution in [0.4, 0.5) is 0 Å². The molecule has 5 aliphatic carbocycles. The topological polar surface area (TPSA) is 12.5 Å². The minimum atomic E-state index is 0.354. The zero-order chi connectivity index (χ0) is 16.3. The molecule has 132 valence electrons. The molecule has 6 rings (SSSR count). The fourth-order valence-electron chi connectivity index (χ4n) is 8.99. The van der Waals surface area contributed by atoms with E-state index in [0.29, 0.717) is 16.4 Å². The molecule has 0 amide bonds. The number of rotatable bonds is 0. The van der Waals surface area contributed by atoms with Gasteiger partial charge in [0, 0.05) is 0 Å². The van der Waals surface area contributed by atoms with Gasteiger partial charge in [-0.25, -0.2) is 0 Å². The average molecular weight is 327 g/mol. The molecular weight excluding hydrogens is 292 g/mol. The van der Waals surface area contributed by atoms with Gasteiger partial charge in [0.1, 0.15) is 0 Å². The van der Waals surface area contributed by atoms with Crippen LogP contribution >= 0.6 is 0 Å². The number of hydrogen-bond donors (Lipinski definition) is 0. The molecule has 1 heteroatoms. The van der Waals surface area contributed by atoms with Crippen LogP contribution in [0, 0.1) is 46.3 Å². The van der Waals surface area contributed by atoms with Gasteiger partial charge in [0.15, 0.2) is 0 Å². The van der Waals surface area contributed by atoms with Crippen molar-refractivity contribution in [3.8, 4) is 0 Å². The fraction of sp³-hybridized carbons (Fsp3) is 0.913. The first kappa shape index (κ1) is 14.8. The number of fused-ring (bicyclic) bond motifs is 7. The number of epoxide rings is 1. The highest BCUT2D eigenvalue weighted by Gasteiger charge is 2.69. The zero-order valence-corrected chi connectivity index (χ0v) is 15.8. The van der Waals surface area contributed by atoms with Crippen molar-refractivity contribution in [2.45, 2.75) is 77.7 Å². The van der Waals surface area contributed by atoms with Crippen LogP contribution in [0.15, 0.2) is 11.6 Å². The molecule has 1 nitrogen and oxygen atoms in total. The van der Waals surface area contributed by atoms with Crippen molar-refractivity contribution in [3.05, 3.63) is 11.6 Å². The van der Waals surface area contributed by atoms with E-state index >= 15 is 0 Å². The van der Waals surface area contributed by atoms with Gasteiger partial charge in [0.25, 0.3) is 0 Å². The molecule has 6 aliphatic rings. The van der Waals surface area contributed by atoms with E-state index in [4.69, 9.17) is 4.74 Å². The summed E-state index contributed by atoms with van der Waals surface area (Å²) in [5, 5.41) is 0. The SMILES string of the molecule is C/C=C1/[C@H]2C[C@H]2[C@H]2[C@@H]3CC[C@H]4C[C@]5(CC[C@]4(C)[C@H]3CC[C@]12C)CO5. The average Bonchev–Trinajstić information content (AvgIpc) is 3.47. The van der Waals surface area contributed by atoms with Crippen LogP contribution in [-0.4, -0.2) is 12.2 Å². The van der Waals surface area contributed by atoms with Crippen LogP contribution in [0.2, 0.25) is 0 Å². The first-order chi connectivity index (χ1) is 11.5. The van der Waals surface area contributed by atoms with Gasteiger partial charge >= 0.3 is 0 Å². The van der Waals surface area contributed by atoms with Gasteiger partial charge < -0.3 is 4.74 Å². The lowest BCUT2D eigenvalue weighted by Crippen LogP contribution is -2.54. The van der Waals surface area contributed by atoms with E-state index in [0.717, 1.165) is 42.1 Å². The maximum Gasteiger partial charge on any atom is 0.0919 e. The summed E-state index contributed by atoms with van der Waals surface area (Å²) in [5.41, 5.74) is 3.43. The Bertz CT molecular complexity index is 616. The van der Waals surface area contributed by atoms with E-state index in [1.165, 1.54) is 51.4 Å². The molecule has 0 bridgehead atoms. The van der Waals surface area contributed by atoms with E-state index in [-0.39, 0.29) is 0 Å². The normalized spacial score (nSPS) is 65.0. The van der Waals surface area contributed by atoms with Crippen molar-refractivity contribution in [2.75, 3.05) is 6.61 Å². The number of ether oxygens (including phenoxy) is 1. The molecule has 1 saturated heterocycles. The maximum atomic E-state index is 5.90. The summed E-state index contributed by atoms with van der Waals surface area (Å²) < 4.78 is 5.90. The standard InChI is InChI=1S/C23H34O/c1-4-18-16-11-17(16)20-15-6-5-14-12-23(13-24-23)10-9-21(14,2)19(15)7-8-22(18,20)3/h4,14-17,19-20H,5-13H2,1-3H3/b18-4-/t14-,15+,16-,17+,19-,20+,21-,22+,23+/m0/s1. The molecule has 24 heavy (non-hydrogen) atoms. The number of allylic oxidation sites excluding steroid dienone is 2. The van der Waals surface area contributed by atoms with Gasteiger partial charge in [-0.2, -0.15) is 0 Å². The Morgan fingerprint density at radius 2 is 1.88 bits per heavy atom. The Morgan fingerprint density at radius 1 is 1.04 bits per heavy atom. The van der Waals surface area contributed by atoms with E-state index in [1.807, 2.05) is 5.57 Å². The Labute approximate surface area is 147 Å². The van der Waals surface area contributed by atoms with Gasteiger partial charge in [-0.3, -0.25) is 0 Å². The number of hydrogen-bond acceptors (Lipinski definition) is 1. The summed E-state index contributed by atoms with van der Waals surface area (Å²) in [7, 11) is 0. The molecule has 0 radical (unpaired) electrons. The molecule has 6 fully saturated rings. The van der Waals surface area contributed by atoms with Crippen molar-refractivity contribution in [3.63, 3.8) is 0 Å². The molecule has 0 aromatic carbocycles. The molecule has 0 unspecified atom stereocenters. The molecule has 9 atom stereocenters. The summed E-state index contributed by atoms with van der Waals surface area (Å²) in [5.74, 6) is 6.09. The Morgan fingerprint density at radius 3 is 2.62 bits per heavy atom. The minimum absolute atomic E-state index is 0.354. The van der Waals surface area contributed by atoms with Crippen LogP contribution in [0.3, 0.4) is 0 Å². The second kappa shape index (κ2) is 4.33. The van der Waals surface area contributed by atoms with Crippen LogP contribution in [0.5, 0.6) is 0 Å². The third kappa shape index (κ3) is 1.62. The van der Waals surface area contributed by atoms with E-state index in [1.54, 1.807) is 0 Å². The van der Waals surface area contributed by atoms with Gasteiger partial charge in [-0.1, -0.05) is 25.5 Å². The summed E-state index contributed by atoms with van der Waals surface area (Å²) >= 11 is 0. The maximum absolute atomic E-state index is 5.90. The van der Waals surface area contributed by atoms with Crippen LogP contribution in [-0.2, 0) is 4.74 Å². The second-order valence-corrected chi connectivity index (χ2v) is 11.0. The smallest absolute Gasteiger partial charge is 0.0919 e. The van der Waals surface area contributed by atoms with E-state index < -0.39 is 0 Å². The molecule has 0 N–H and O–H groups in total. The lowest BCUT2D eigenvalue weighted by molar-refractivity contribution is -0.114. The van der Waals surface area contributed by atoms with Gasteiger partial charge in [-0.05, 0) is 105 Å². The van der Waals surface area contributed by atoms with Crippen LogP contribution in [0.25, 0.3) is 0 Å². The molecule has 1 heterocycles. The minimum Gasteiger partial charge on any atom is -0.370 e. The van der Waals surface area contributed by atoms with E-state index in [2.05, 4.69) is 26.8 Å². The molecule has 0 aromatic heterocycles. The third-order valence-corrected chi connectivity index (χ3v) is 10.3.